The van der Waals surface area contributed by atoms with Gasteiger partial charge in [-0.25, -0.2) is 0 Å². The Kier molecular flexibility index (Phi) is 4.21. The minimum absolute atomic E-state index is 0.539. The van der Waals surface area contributed by atoms with Crippen LogP contribution in [0.4, 0.5) is 10.8 Å². The lowest BCUT2D eigenvalue weighted by Crippen LogP contribution is -2.46. The van der Waals surface area contributed by atoms with Crippen LogP contribution in [0.1, 0.15) is 5.01 Å². The van der Waals surface area contributed by atoms with E-state index in [0.29, 0.717) is 5.13 Å². The number of methoxy groups -OCH3 is 1. The molecule has 21 heavy (non-hydrogen) atoms. The van der Waals surface area contributed by atoms with E-state index in [1.807, 2.05) is 18.2 Å². The van der Waals surface area contributed by atoms with Crippen LogP contribution in [0.5, 0.6) is 5.75 Å². The zero-order valence-electron chi connectivity index (χ0n) is 12.0. The highest BCUT2D eigenvalue weighted by molar-refractivity contribution is 7.15. The highest BCUT2D eigenvalue weighted by Gasteiger charge is 2.20. The molecule has 6 nitrogen and oxygen atoms in total. The Morgan fingerprint density at radius 1 is 1.19 bits per heavy atom. The number of nitrogen functional groups attached to an aromatic ring is 1. The number of benzene rings is 1. The van der Waals surface area contributed by atoms with Crippen LogP contribution in [-0.2, 0) is 6.54 Å². The van der Waals surface area contributed by atoms with Crippen molar-refractivity contribution in [2.45, 2.75) is 6.54 Å². The number of ether oxygens (including phenoxy) is 1. The first-order valence-electron chi connectivity index (χ1n) is 6.94. The molecule has 7 heteroatoms. The Labute approximate surface area is 128 Å². The van der Waals surface area contributed by atoms with E-state index >= 15 is 0 Å². The second kappa shape index (κ2) is 6.28. The van der Waals surface area contributed by atoms with E-state index in [1.165, 1.54) is 17.0 Å². The topological polar surface area (TPSA) is 67.5 Å². The highest BCUT2D eigenvalue weighted by atomic mass is 32.1. The van der Waals surface area contributed by atoms with Crippen LogP contribution in [0.3, 0.4) is 0 Å². The Morgan fingerprint density at radius 2 is 1.95 bits per heavy atom. The average Bonchev–Trinajstić information content (AvgIpc) is 2.93. The number of anilines is 2. The molecular weight excluding hydrogens is 286 g/mol. The molecule has 0 spiro atoms. The number of para-hydroxylation sites is 2. The third-order valence-electron chi connectivity index (χ3n) is 3.64. The quantitative estimate of drug-likeness (QED) is 0.922. The number of nitrogens with two attached hydrogens (primary N) is 1. The largest absolute Gasteiger partial charge is 0.495 e. The third kappa shape index (κ3) is 3.25. The van der Waals surface area contributed by atoms with Crippen LogP contribution < -0.4 is 15.4 Å². The van der Waals surface area contributed by atoms with Gasteiger partial charge in [-0.05, 0) is 12.1 Å². The van der Waals surface area contributed by atoms with Gasteiger partial charge in [0, 0.05) is 26.2 Å². The smallest absolute Gasteiger partial charge is 0.203 e. The van der Waals surface area contributed by atoms with E-state index in [1.54, 1.807) is 7.11 Å². The molecule has 0 aliphatic carbocycles. The SMILES string of the molecule is COc1ccccc1N1CCN(Cc2nnc(N)s2)CC1. The van der Waals surface area contributed by atoms with E-state index in [-0.39, 0.29) is 0 Å². The van der Waals surface area contributed by atoms with Gasteiger partial charge in [0.2, 0.25) is 5.13 Å². The first-order chi connectivity index (χ1) is 10.3. The van der Waals surface area contributed by atoms with Gasteiger partial charge in [-0.15, -0.1) is 10.2 Å². The second-order valence-corrected chi connectivity index (χ2v) is 6.06. The van der Waals surface area contributed by atoms with Gasteiger partial charge in [-0.2, -0.15) is 0 Å². The number of piperazine rings is 1. The molecule has 1 aliphatic heterocycles. The first-order valence-corrected chi connectivity index (χ1v) is 7.76. The van der Waals surface area contributed by atoms with Gasteiger partial charge >= 0.3 is 0 Å². The maximum Gasteiger partial charge on any atom is 0.203 e. The molecule has 1 aliphatic rings. The minimum Gasteiger partial charge on any atom is -0.495 e. The molecule has 0 atom stereocenters. The summed E-state index contributed by atoms with van der Waals surface area (Å²) in [6.45, 7) is 4.78. The molecule has 2 N–H and O–H groups in total. The zero-order chi connectivity index (χ0) is 14.7. The maximum absolute atomic E-state index is 5.62. The molecule has 2 heterocycles. The fourth-order valence-corrected chi connectivity index (χ4v) is 3.21. The van der Waals surface area contributed by atoms with Crippen molar-refractivity contribution in [1.29, 1.82) is 0 Å². The van der Waals surface area contributed by atoms with Crippen LogP contribution in [0.15, 0.2) is 24.3 Å². The molecule has 1 saturated heterocycles. The van der Waals surface area contributed by atoms with Gasteiger partial charge in [0.25, 0.3) is 0 Å². The average molecular weight is 305 g/mol. The molecule has 0 bridgehead atoms. The van der Waals surface area contributed by atoms with Crippen molar-refractivity contribution in [2.75, 3.05) is 43.9 Å². The van der Waals surface area contributed by atoms with Gasteiger partial charge in [0.15, 0.2) is 0 Å². The Balaban J connectivity index is 1.60. The molecule has 0 saturated carbocycles. The summed E-state index contributed by atoms with van der Waals surface area (Å²) in [5, 5.41) is 9.47. The van der Waals surface area contributed by atoms with Gasteiger partial charge in [0.1, 0.15) is 10.8 Å². The summed E-state index contributed by atoms with van der Waals surface area (Å²) >= 11 is 1.46. The summed E-state index contributed by atoms with van der Waals surface area (Å²) < 4.78 is 5.44. The van der Waals surface area contributed by atoms with E-state index < -0.39 is 0 Å². The molecular formula is C14H19N5OS. The highest BCUT2D eigenvalue weighted by Crippen LogP contribution is 2.28. The lowest BCUT2D eigenvalue weighted by Gasteiger charge is -2.36. The summed E-state index contributed by atoms with van der Waals surface area (Å²) in [5.41, 5.74) is 6.78. The number of hydrogen-bond donors (Lipinski definition) is 1. The van der Waals surface area contributed by atoms with Crippen LogP contribution in [-0.4, -0.2) is 48.4 Å². The Hall–Kier alpha value is -1.86. The molecule has 3 rings (SSSR count). The van der Waals surface area contributed by atoms with Crippen molar-refractivity contribution in [3.63, 3.8) is 0 Å². The summed E-state index contributed by atoms with van der Waals surface area (Å²) in [7, 11) is 1.72. The summed E-state index contributed by atoms with van der Waals surface area (Å²) in [5.74, 6) is 0.933. The van der Waals surface area contributed by atoms with E-state index in [2.05, 4.69) is 26.1 Å². The third-order valence-corrected chi connectivity index (χ3v) is 4.38. The van der Waals surface area contributed by atoms with Crippen molar-refractivity contribution in [1.82, 2.24) is 15.1 Å². The normalized spacial score (nSPS) is 16.1. The molecule has 0 unspecified atom stereocenters. The van der Waals surface area contributed by atoms with Crippen molar-refractivity contribution in [3.8, 4) is 5.75 Å². The van der Waals surface area contributed by atoms with Crippen molar-refractivity contribution in [3.05, 3.63) is 29.3 Å². The second-order valence-electron chi connectivity index (χ2n) is 4.97. The Morgan fingerprint density at radius 3 is 2.62 bits per heavy atom. The maximum atomic E-state index is 5.62. The van der Waals surface area contributed by atoms with Gasteiger partial charge < -0.3 is 15.4 Å². The van der Waals surface area contributed by atoms with Crippen molar-refractivity contribution in [2.24, 2.45) is 0 Å². The molecule has 1 fully saturated rings. The molecule has 112 valence electrons. The van der Waals surface area contributed by atoms with E-state index in [9.17, 15) is 0 Å². The predicted octanol–water partition coefficient (Wildman–Crippen LogP) is 1.45. The number of hydrogen-bond acceptors (Lipinski definition) is 7. The predicted molar refractivity (Wildman–Crippen MR) is 84.8 cm³/mol. The lowest BCUT2D eigenvalue weighted by molar-refractivity contribution is 0.248. The fraction of sp³-hybridized carbons (Fsp3) is 0.429. The van der Waals surface area contributed by atoms with E-state index in [4.69, 9.17) is 10.5 Å². The van der Waals surface area contributed by atoms with Gasteiger partial charge in [-0.3, -0.25) is 4.90 Å². The standard InChI is InChI=1S/C14H19N5OS/c1-20-12-5-3-2-4-11(12)19-8-6-18(7-9-19)10-13-16-17-14(15)21-13/h2-5H,6-10H2,1H3,(H2,15,17). The molecule has 0 radical (unpaired) electrons. The molecule has 1 aromatic carbocycles. The van der Waals surface area contributed by atoms with Crippen LogP contribution >= 0.6 is 11.3 Å². The first kappa shape index (κ1) is 14.1. The number of rotatable bonds is 4. The van der Waals surface area contributed by atoms with Gasteiger partial charge in [-0.1, -0.05) is 23.5 Å². The molecule has 0 amide bonds. The number of aromatic nitrogens is 2. The van der Waals surface area contributed by atoms with Gasteiger partial charge in [0.05, 0.1) is 19.3 Å². The summed E-state index contributed by atoms with van der Waals surface area (Å²) in [6, 6.07) is 8.17. The monoisotopic (exact) mass is 305 g/mol. The summed E-state index contributed by atoms with van der Waals surface area (Å²) in [6.07, 6.45) is 0. The fourth-order valence-electron chi connectivity index (χ4n) is 2.56. The number of nitrogens with zero attached hydrogens (tertiary/aromatic N) is 4. The zero-order valence-corrected chi connectivity index (χ0v) is 12.8. The van der Waals surface area contributed by atoms with Crippen LogP contribution in [0, 0.1) is 0 Å². The van der Waals surface area contributed by atoms with E-state index in [0.717, 1.165) is 43.5 Å². The Bertz CT molecular complexity index is 595. The summed E-state index contributed by atoms with van der Waals surface area (Å²) in [4.78, 5) is 4.75. The molecule has 1 aromatic heterocycles. The minimum atomic E-state index is 0.539. The van der Waals surface area contributed by atoms with Crippen molar-refractivity contribution >= 4 is 22.2 Å². The molecule has 2 aromatic rings. The van der Waals surface area contributed by atoms with Crippen molar-refractivity contribution < 1.29 is 4.74 Å². The lowest BCUT2D eigenvalue weighted by atomic mass is 10.2. The van der Waals surface area contributed by atoms with Crippen LogP contribution in [0.2, 0.25) is 0 Å². The van der Waals surface area contributed by atoms with Crippen LogP contribution in [0.25, 0.3) is 0 Å².